The molecule has 3 N–H and O–H groups in total. The van der Waals surface area contributed by atoms with Gasteiger partial charge in [-0.3, -0.25) is 0 Å². The molecule has 13 heavy (non-hydrogen) atoms. The molecule has 0 bridgehead atoms. The molecule has 4 nitrogen and oxygen atoms in total. The molecule has 0 atom stereocenters. The van der Waals surface area contributed by atoms with E-state index in [9.17, 15) is 4.79 Å². The van der Waals surface area contributed by atoms with E-state index in [1.165, 1.54) is 4.90 Å². The molecule has 0 spiro atoms. The lowest BCUT2D eigenvalue weighted by Crippen LogP contribution is -2.27. The third-order valence-electron chi connectivity index (χ3n) is 1.61. The third kappa shape index (κ3) is 2.37. The summed E-state index contributed by atoms with van der Waals surface area (Å²) in [5.41, 5.74) is 6.84. The van der Waals surface area contributed by atoms with Gasteiger partial charge in [-0.25, -0.2) is 4.79 Å². The van der Waals surface area contributed by atoms with Crippen LogP contribution in [0, 0.1) is 0 Å². The molecule has 0 unspecified atom stereocenters. The average molecular weight is 179 g/mol. The van der Waals surface area contributed by atoms with Crippen LogP contribution in [0.4, 0.5) is 16.2 Å². The van der Waals surface area contributed by atoms with Crippen LogP contribution in [0.25, 0.3) is 0 Å². The van der Waals surface area contributed by atoms with Gasteiger partial charge in [-0.15, -0.1) is 0 Å². The molecule has 2 amide bonds. The zero-order valence-corrected chi connectivity index (χ0v) is 7.74. The van der Waals surface area contributed by atoms with Crippen LogP contribution in [0.2, 0.25) is 0 Å². The van der Waals surface area contributed by atoms with Crippen LogP contribution in [0.3, 0.4) is 0 Å². The first-order valence-corrected chi connectivity index (χ1v) is 3.94. The molecule has 0 saturated carbocycles. The predicted molar refractivity (Wildman–Crippen MR) is 53.6 cm³/mol. The smallest absolute Gasteiger partial charge is 0.321 e. The number of carbonyl (C=O) groups excluding carboxylic acids is 1. The maximum atomic E-state index is 11.2. The van der Waals surface area contributed by atoms with Gasteiger partial charge in [0.2, 0.25) is 0 Å². The summed E-state index contributed by atoms with van der Waals surface area (Å²) in [7, 11) is 3.35. The number of rotatable bonds is 1. The van der Waals surface area contributed by atoms with Crippen molar-refractivity contribution in [2.24, 2.45) is 0 Å². The number of anilines is 2. The lowest BCUT2D eigenvalue weighted by atomic mass is 10.3. The molecule has 1 aromatic rings. The lowest BCUT2D eigenvalue weighted by molar-refractivity contribution is 0.230. The normalized spacial score (nSPS) is 9.38. The van der Waals surface area contributed by atoms with Crippen LogP contribution in [0.1, 0.15) is 0 Å². The fourth-order valence-electron chi connectivity index (χ4n) is 0.838. The van der Waals surface area contributed by atoms with Crippen LogP contribution in [-0.4, -0.2) is 25.0 Å². The average Bonchev–Trinajstić information content (AvgIpc) is 2.08. The quantitative estimate of drug-likeness (QED) is 0.639. The summed E-state index contributed by atoms with van der Waals surface area (Å²) < 4.78 is 0. The summed E-state index contributed by atoms with van der Waals surface area (Å²) in [4.78, 5) is 12.7. The SMILES string of the molecule is CN(C)C(=O)Nc1ccccc1N. The van der Waals surface area contributed by atoms with Crippen molar-refractivity contribution in [3.8, 4) is 0 Å². The third-order valence-corrected chi connectivity index (χ3v) is 1.61. The minimum absolute atomic E-state index is 0.182. The second kappa shape index (κ2) is 3.80. The van der Waals surface area contributed by atoms with E-state index in [-0.39, 0.29) is 6.03 Å². The van der Waals surface area contributed by atoms with Gasteiger partial charge in [0.1, 0.15) is 0 Å². The Morgan fingerprint density at radius 1 is 1.38 bits per heavy atom. The van der Waals surface area contributed by atoms with Crippen LogP contribution in [0.5, 0.6) is 0 Å². The van der Waals surface area contributed by atoms with Gasteiger partial charge in [-0.05, 0) is 12.1 Å². The van der Waals surface area contributed by atoms with E-state index in [4.69, 9.17) is 5.73 Å². The number of nitrogens with two attached hydrogens (primary N) is 1. The lowest BCUT2D eigenvalue weighted by Gasteiger charge is -2.12. The van der Waals surface area contributed by atoms with E-state index in [1.54, 1.807) is 26.2 Å². The first-order valence-electron chi connectivity index (χ1n) is 3.94. The molecular weight excluding hydrogens is 166 g/mol. The molecule has 1 rings (SSSR count). The molecule has 0 heterocycles. The van der Waals surface area contributed by atoms with E-state index in [1.807, 2.05) is 12.1 Å². The van der Waals surface area contributed by atoms with E-state index < -0.39 is 0 Å². The highest BCUT2D eigenvalue weighted by Gasteiger charge is 2.04. The van der Waals surface area contributed by atoms with Gasteiger partial charge in [0, 0.05) is 14.1 Å². The number of hydrogen-bond donors (Lipinski definition) is 2. The monoisotopic (exact) mass is 179 g/mol. The molecule has 4 heteroatoms. The Morgan fingerprint density at radius 3 is 2.54 bits per heavy atom. The van der Waals surface area contributed by atoms with Gasteiger partial charge in [0.15, 0.2) is 0 Å². The fraction of sp³-hybridized carbons (Fsp3) is 0.222. The van der Waals surface area contributed by atoms with Crippen LogP contribution >= 0.6 is 0 Å². The maximum absolute atomic E-state index is 11.2. The van der Waals surface area contributed by atoms with Gasteiger partial charge in [0.05, 0.1) is 11.4 Å². The Bertz CT molecular complexity index is 309. The number of amides is 2. The highest BCUT2D eigenvalue weighted by molar-refractivity contribution is 5.92. The number of nitrogen functional groups attached to an aromatic ring is 1. The van der Waals surface area contributed by atoms with E-state index in [0.29, 0.717) is 11.4 Å². The Balaban J connectivity index is 2.75. The van der Waals surface area contributed by atoms with Crippen molar-refractivity contribution in [3.63, 3.8) is 0 Å². The number of nitrogens with zero attached hydrogens (tertiary/aromatic N) is 1. The summed E-state index contributed by atoms with van der Waals surface area (Å²) in [6.07, 6.45) is 0. The molecule has 70 valence electrons. The van der Waals surface area contributed by atoms with Crippen LogP contribution in [0.15, 0.2) is 24.3 Å². The van der Waals surface area contributed by atoms with Crippen molar-refractivity contribution in [2.45, 2.75) is 0 Å². The van der Waals surface area contributed by atoms with Crippen molar-refractivity contribution < 1.29 is 4.79 Å². The first-order chi connectivity index (χ1) is 6.11. The van der Waals surface area contributed by atoms with Gasteiger partial charge in [-0.2, -0.15) is 0 Å². The highest BCUT2D eigenvalue weighted by Crippen LogP contribution is 2.16. The van der Waals surface area contributed by atoms with Gasteiger partial charge in [0.25, 0.3) is 0 Å². The number of para-hydroxylation sites is 2. The summed E-state index contributed by atoms with van der Waals surface area (Å²) in [5, 5.41) is 2.67. The van der Waals surface area contributed by atoms with E-state index in [2.05, 4.69) is 5.32 Å². The molecule has 0 aliphatic heterocycles. The van der Waals surface area contributed by atoms with Crippen LogP contribution in [-0.2, 0) is 0 Å². The largest absolute Gasteiger partial charge is 0.397 e. The molecular formula is C9H13N3O. The molecule has 0 aliphatic rings. The Hall–Kier alpha value is -1.71. The summed E-state index contributed by atoms with van der Waals surface area (Å²) in [6, 6.07) is 6.96. The minimum Gasteiger partial charge on any atom is -0.397 e. The molecule has 0 aromatic heterocycles. The fourth-order valence-corrected chi connectivity index (χ4v) is 0.838. The topological polar surface area (TPSA) is 58.4 Å². The Kier molecular flexibility index (Phi) is 2.74. The zero-order valence-electron chi connectivity index (χ0n) is 7.74. The number of hydrogen-bond acceptors (Lipinski definition) is 2. The van der Waals surface area contributed by atoms with Crippen molar-refractivity contribution in [3.05, 3.63) is 24.3 Å². The van der Waals surface area contributed by atoms with E-state index in [0.717, 1.165) is 0 Å². The van der Waals surface area contributed by atoms with Crippen molar-refractivity contribution >= 4 is 17.4 Å². The molecule has 0 radical (unpaired) electrons. The molecule has 0 fully saturated rings. The van der Waals surface area contributed by atoms with E-state index >= 15 is 0 Å². The summed E-state index contributed by atoms with van der Waals surface area (Å²) in [6.45, 7) is 0. The van der Waals surface area contributed by atoms with Gasteiger partial charge in [-0.1, -0.05) is 12.1 Å². The Morgan fingerprint density at radius 2 is 2.00 bits per heavy atom. The standard InChI is InChI=1S/C9H13N3O/c1-12(2)9(13)11-8-6-4-3-5-7(8)10/h3-6H,10H2,1-2H3,(H,11,13). The van der Waals surface area contributed by atoms with Crippen molar-refractivity contribution in [1.82, 2.24) is 4.90 Å². The minimum atomic E-state index is -0.182. The van der Waals surface area contributed by atoms with Gasteiger partial charge >= 0.3 is 6.03 Å². The van der Waals surface area contributed by atoms with Crippen molar-refractivity contribution in [1.29, 1.82) is 0 Å². The van der Waals surface area contributed by atoms with Crippen LogP contribution < -0.4 is 11.1 Å². The number of nitrogens with one attached hydrogen (secondary N) is 1. The number of urea groups is 1. The van der Waals surface area contributed by atoms with Gasteiger partial charge < -0.3 is 16.0 Å². The maximum Gasteiger partial charge on any atom is 0.321 e. The Labute approximate surface area is 77.3 Å². The van der Waals surface area contributed by atoms with Crippen molar-refractivity contribution in [2.75, 3.05) is 25.1 Å². The number of benzene rings is 1. The summed E-state index contributed by atoms with van der Waals surface area (Å²) >= 11 is 0. The molecule has 0 saturated heterocycles. The predicted octanol–water partition coefficient (Wildman–Crippen LogP) is 1.36. The molecule has 1 aromatic carbocycles. The molecule has 0 aliphatic carbocycles. The second-order valence-corrected chi connectivity index (χ2v) is 2.91. The number of carbonyl (C=O) groups is 1. The highest BCUT2D eigenvalue weighted by atomic mass is 16.2. The summed E-state index contributed by atoms with van der Waals surface area (Å²) in [5.74, 6) is 0. The first kappa shape index (κ1) is 9.38. The second-order valence-electron chi connectivity index (χ2n) is 2.91. The zero-order chi connectivity index (χ0) is 9.84.